The second-order valence-electron chi connectivity index (χ2n) is 8.13. The molecule has 0 saturated carbocycles. The van der Waals surface area contributed by atoms with Crippen molar-refractivity contribution in [3.8, 4) is 0 Å². The molecular formula is C22H23F3N2O2. The Labute approximate surface area is 167 Å². The van der Waals surface area contributed by atoms with Gasteiger partial charge in [0.25, 0.3) is 11.8 Å². The summed E-state index contributed by atoms with van der Waals surface area (Å²) in [6.07, 6.45) is 0. The summed E-state index contributed by atoms with van der Waals surface area (Å²) in [5.74, 6) is -5.36. The molecule has 0 bridgehead atoms. The fourth-order valence-corrected chi connectivity index (χ4v) is 3.27. The van der Waals surface area contributed by atoms with Crippen LogP contribution in [0.25, 0.3) is 0 Å². The van der Waals surface area contributed by atoms with Crippen molar-refractivity contribution in [2.75, 3.05) is 26.2 Å². The smallest absolute Gasteiger partial charge is 0.257 e. The highest BCUT2D eigenvalue weighted by molar-refractivity contribution is 5.96. The minimum Gasteiger partial charge on any atom is -0.335 e. The summed E-state index contributed by atoms with van der Waals surface area (Å²) in [7, 11) is 0. The molecule has 4 nitrogen and oxygen atoms in total. The van der Waals surface area contributed by atoms with Crippen molar-refractivity contribution in [1.29, 1.82) is 0 Å². The summed E-state index contributed by atoms with van der Waals surface area (Å²) in [6, 6.07) is 9.10. The van der Waals surface area contributed by atoms with Crippen LogP contribution < -0.4 is 0 Å². The van der Waals surface area contributed by atoms with Crippen LogP contribution >= 0.6 is 0 Å². The van der Waals surface area contributed by atoms with Gasteiger partial charge in [-0.05, 0) is 35.2 Å². The van der Waals surface area contributed by atoms with E-state index in [2.05, 4.69) is 20.8 Å². The highest BCUT2D eigenvalue weighted by Gasteiger charge is 2.28. The molecule has 1 saturated heterocycles. The van der Waals surface area contributed by atoms with E-state index in [9.17, 15) is 22.8 Å². The van der Waals surface area contributed by atoms with Gasteiger partial charge in [-0.2, -0.15) is 0 Å². The van der Waals surface area contributed by atoms with Gasteiger partial charge in [0.1, 0.15) is 0 Å². The van der Waals surface area contributed by atoms with Crippen molar-refractivity contribution < 1.29 is 22.8 Å². The van der Waals surface area contributed by atoms with Gasteiger partial charge in [0.15, 0.2) is 17.5 Å². The number of halogens is 3. The average Bonchev–Trinajstić information content (AvgIpc) is 2.71. The highest BCUT2D eigenvalue weighted by Crippen LogP contribution is 2.23. The predicted octanol–water partition coefficient (Wildman–Crippen LogP) is 4.00. The second-order valence-corrected chi connectivity index (χ2v) is 8.13. The number of carbonyl (C=O) groups is 2. The molecule has 1 aliphatic rings. The van der Waals surface area contributed by atoms with E-state index in [1.54, 1.807) is 17.0 Å². The number of piperazine rings is 1. The molecule has 3 rings (SSSR count). The number of benzene rings is 2. The summed E-state index contributed by atoms with van der Waals surface area (Å²) in [5, 5.41) is 0. The van der Waals surface area contributed by atoms with E-state index in [-0.39, 0.29) is 37.5 Å². The molecule has 0 aliphatic carbocycles. The zero-order valence-electron chi connectivity index (χ0n) is 16.6. The maximum atomic E-state index is 13.9. The summed E-state index contributed by atoms with van der Waals surface area (Å²) in [5.41, 5.74) is 1.16. The van der Waals surface area contributed by atoms with E-state index in [1.807, 2.05) is 12.1 Å². The SMILES string of the molecule is CC(C)(C)c1ccc(C(=O)N2CCN(C(=O)c3ccc(F)c(F)c3F)CC2)cc1. The Morgan fingerprint density at radius 3 is 1.79 bits per heavy atom. The Morgan fingerprint density at radius 2 is 1.28 bits per heavy atom. The van der Waals surface area contributed by atoms with E-state index in [4.69, 9.17) is 0 Å². The molecule has 2 amide bonds. The fraction of sp³-hybridized carbons (Fsp3) is 0.364. The van der Waals surface area contributed by atoms with Crippen LogP contribution in [0.3, 0.4) is 0 Å². The first kappa shape index (κ1) is 20.9. The maximum Gasteiger partial charge on any atom is 0.257 e. The van der Waals surface area contributed by atoms with Crippen LogP contribution in [0.15, 0.2) is 36.4 Å². The Balaban J connectivity index is 1.65. The first-order chi connectivity index (χ1) is 13.6. The maximum absolute atomic E-state index is 13.9. The summed E-state index contributed by atoms with van der Waals surface area (Å²) < 4.78 is 40.4. The first-order valence-corrected chi connectivity index (χ1v) is 9.42. The molecule has 1 heterocycles. The Bertz CT molecular complexity index is 928. The van der Waals surface area contributed by atoms with Crippen LogP contribution in [-0.2, 0) is 5.41 Å². The Kier molecular flexibility index (Phi) is 5.68. The summed E-state index contributed by atoms with van der Waals surface area (Å²) in [6.45, 7) is 7.20. The first-order valence-electron chi connectivity index (χ1n) is 9.42. The third-order valence-corrected chi connectivity index (χ3v) is 5.12. The van der Waals surface area contributed by atoms with Gasteiger partial charge >= 0.3 is 0 Å². The van der Waals surface area contributed by atoms with Gasteiger partial charge in [-0.1, -0.05) is 32.9 Å². The Hall–Kier alpha value is -2.83. The molecule has 1 aliphatic heterocycles. The van der Waals surface area contributed by atoms with Gasteiger partial charge in [0, 0.05) is 31.7 Å². The van der Waals surface area contributed by atoms with Crippen molar-refractivity contribution in [3.05, 3.63) is 70.5 Å². The highest BCUT2D eigenvalue weighted by atomic mass is 19.2. The normalized spacial score (nSPS) is 14.8. The van der Waals surface area contributed by atoms with E-state index >= 15 is 0 Å². The van der Waals surface area contributed by atoms with Crippen LogP contribution in [-0.4, -0.2) is 47.8 Å². The minimum absolute atomic E-state index is 0.0112. The van der Waals surface area contributed by atoms with E-state index in [1.165, 1.54) is 4.90 Å². The molecule has 2 aromatic rings. The predicted molar refractivity (Wildman–Crippen MR) is 103 cm³/mol. The van der Waals surface area contributed by atoms with Crippen molar-refractivity contribution in [2.24, 2.45) is 0 Å². The largest absolute Gasteiger partial charge is 0.335 e. The molecule has 2 aromatic carbocycles. The van der Waals surface area contributed by atoms with E-state index in [0.29, 0.717) is 5.56 Å². The zero-order chi connectivity index (χ0) is 21.3. The van der Waals surface area contributed by atoms with Crippen molar-refractivity contribution in [3.63, 3.8) is 0 Å². The van der Waals surface area contributed by atoms with Crippen LogP contribution in [0.1, 0.15) is 47.1 Å². The number of carbonyl (C=O) groups excluding carboxylic acids is 2. The number of nitrogens with zero attached hydrogens (tertiary/aromatic N) is 2. The molecule has 1 fully saturated rings. The van der Waals surface area contributed by atoms with E-state index in [0.717, 1.165) is 17.7 Å². The third-order valence-electron chi connectivity index (χ3n) is 5.12. The molecule has 0 aromatic heterocycles. The van der Waals surface area contributed by atoms with Crippen LogP contribution in [0.4, 0.5) is 13.2 Å². The molecule has 0 radical (unpaired) electrons. The molecule has 29 heavy (non-hydrogen) atoms. The minimum atomic E-state index is -1.66. The summed E-state index contributed by atoms with van der Waals surface area (Å²) >= 11 is 0. The molecular weight excluding hydrogens is 381 g/mol. The van der Waals surface area contributed by atoms with Crippen LogP contribution in [0, 0.1) is 17.5 Å². The van der Waals surface area contributed by atoms with Crippen molar-refractivity contribution >= 4 is 11.8 Å². The third kappa shape index (κ3) is 4.28. The van der Waals surface area contributed by atoms with Crippen molar-refractivity contribution in [1.82, 2.24) is 9.80 Å². The number of hydrogen-bond donors (Lipinski definition) is 0. The lowest BCUT2D eigenvalue weighted by Crippen LogP contribution is -2.50. The summed E-state index contributed by atoms with van der Waals surface area (Å²) in [4.78, 5) is 28.1. The topological polar surface area (TPSA) is 40.6 Å². The van der Waals surface area contributed by atoms with Gasteiger partial charge < -0.3 is 9.80 Å². The van der Waals surface area contributed by atoms with Crippen molar-refractivity contribution in [2.45, 2.75) is 26.2 Å². The van der Waals surface area contributed by atoms with Gasteiger partial charge in [0.2, 0.25) is 0 Å². The number of hydrogen-bond acceptors (Lipinski definition) is 2. The van der Waals surface area contributed by atoms with Gasteiger partial charge in [-0.15, -0.1) is 0 Å². The van der Waals surface area contributed by atoms with Gasteiger partial charge in [0.05, 0.1) is 5.56 Å². The standard InChI is InChI=1S/C22H23F3N2O2/c1-22(2,3)15-6-4-14(5-7-15)20(28)26-10-12-27(13-11-26)21(29)16-8-9-17(23)19(25)18(16)24/h4-9H,10-13H2,1-3H3. The number of amides is 2. The molecule has 154 valence electrons. The van der Waals surface area contributed by atoms with Crippen LogP contribution in [0.2, 0.25) is 0 Å². The molecule has 7 heteroatoms. The fourth-order valence-electron chi connectivity index (χ4n) is 3.27. The van der Waals surface area contributed by atoms with Crippen LogP contribution in [0.5, 0.6) is 0 Å². The average molecular weight is 404 g/mol. The lowest BCUT2D eigenvalue weighted by molar-refractivity contribution is 0.0532. The monoisotopic (exact) mass is 404 g/mol. The lowest BCUT2D eigenvalue weighted by atomic mass is 9.86. The Morgan fingerprint density at radius 1 is 0.759 bits per heavy atom. The quantitative estimate of drug-likeness (QED) is 0.710. The van der Waals surface area contributed by atoms with Gasteiger partial charge in [-0.25, -0.2) is 13.2 Å². The molecule has 0 spiro atoms. The number of rotatable bonds is 2. The zero-order valence-corrected chi connectivity index (χ0v) is 16.6. The molecule has 0 N–H and O–H groups in total. The van der Waals surface area contributed by atoms with E-state index < -0.39 is 28.9 Å². The lowest BCUT2D eigenvalue weighted by Gasteiger charge is -2.35. The molecule has 0 atom stereocenters. The van der Waals surface area contributed by atoms with Gasteiger partial charge in [-0.3, -0.25) is 9.59 Å². The second kappa shape index (κ2) is 7.89. The molecule has 0 unspecified atom stereocenters.